The molecule has 1 N–H and O–H groups in total. The van der Waals surface area contributed by atoms with Crippen LogP contribution in [0.25, 0.3) is 6.08 Å². The number of benzene rings is 2. The van der Waals surface area contributed by atoms with Crippen molar-refractivity contribution in [3.63, 3.8) is 0 Å². The summed E-state index contributed by atoms with van der Waals surface area (Å²) < 4.78 is 5.46. The van der Waals surface area contributed by atoms with Gasteiger partial charge in [-0.15, -0.1) is 0 Å². The monoisotopic (exact) mass is 433 g/mol. The summed E-state index contributed by atoms with van der Waals surface area (Å²) in [6.07, 6.45) is 11.9. The number of hydrogen-bond donors (Lipinski definition) is 1. The van der Waals surface area contributed by atoms with Gasteiger partial charge >= 0.3 is 0 Å². The molecule has 1 aliphatic carbocycles. The molecule has 0 unspecified atom stereocenters. The fourth-order valence-corrected chi connectivity index (χ4v) is 4.17. The molecular weight excluding hydrogens is 402 g/mol. The maximum atomic E-state index is 6.54. The Labute approximate surface area is 192 Å². The summed E-state index contributed by atoms with van der Waals surface area (Å²) in [6, 6.07) is 12.9. The second kappa shape index (κ2) is 11.1. The van der Waals surface area contributed by atoms with Crippen LogP contribution in [0, 0.1) is 0 Å². The van der Waals surface area contributed by atoms with Gasteiger partial charge in [0.1, 0.15) is 5.75 Å². The molecular formula is C28H32ClNO. The summed E-state index contributed by atoms with van der Waals surface area (Å²) in [5.74, 6) is 0.914. The van der Waals surface area contributed by atoms with E-state index >= 15 is 0 Å². The summed E-state index contributed by atoms with van der Waals surface area (Å²) in [6.45, 7) is 9.39. The first-order valence-corrected chi connectivity index (χ1v) is 11.4. The number of allylic oxidation sites excluding steroid dienone is 5. The number of rotatable bonds is 10. The number of halogens is 1. The van der Waals surface area contributed by atoms with Gasteiger partial charge in [0.05, 0.1) is 7.11 Å². The molecule has 0 bridgehead atoms. The molecule has 0 aromatic heterocycles. The molecule has 3 rings (SSSR count). The zero-order valence-corrected chi connectivity index (χ0v) is 19.6. The normalized spacial score (nSPS) is 13.3. The lowest BCUT2D eigenvalue weighted by atomic mass is 9.99. The number of nitrogens with one attached hydrogen (secondary N) is 1. The molecule has 2 nitrogen and oxygen atoms in total. The molecule has 2 aromatic carbocycles. The van der Waals surface area contributed by atoms with Gasteiger partial charge in [-0.05, 0) is 71.4 Å². The van der Waals surface area contributed by atoms with Gasteiger partial charge in [0, 0.05) is 29.3 Å². The molecule has 0 fully saturated rings. The van der Waals surface area contributed by atoms with Gasteiger partial charge in [0.25, 0.3) is 0 Å². The van der Waals surface area contributed by atoms with Crippen molar-refractivity contribution in [2.24, 2.45) is 0 Å². The van der Waals surface area contributed by atoms with E-state index in [4.69, 9.17) is 16.3 Å². The highest BCUT2D eigenvalue weighted by atomic mass is 35.5. The summed E-state index contributed by atoms with van der Waals surface area (Å²) >= 11 is 6.54. The van der Waals surface area contributed by atoms with Crippen molar-refractivity contribution in [2.45, 2.75) is 39.5 Å². The van der Waals surface area contributed by atoms with E-state index in [0.717, 1.165) is 54.3 Å². The molecule has 0 radical (unpaired) electrons. The first-order valence-electron chi connectivity index (χ1n) is 11.0. The standard InChI is InChI=1S/C28H32ClNO/c1-5-22-14-13-21(17-23(22)6-2)15-16-30-20(3)9-7-11-27(29)25-18-24-10-8-12-28(31-4)26(24)19-25/h7-14,17-18,30H,3,5-6,15-16,19H2,1-2,4H3/b9-7+,27-11-. The van der Waals surface area contributed by atoms with Gasteiger partial charge in [0.2, 0.25) is 0 Å². The topological polar surface area (TPSA) is 21.3 Å². The van der Waals surface area contributed by atoms with E-state index in [1.807, 2.05) is 30.4 Å². The number of fused-ring (bicyclic) bond motifs is 1. The molecule has 0 spiro atoms. The summed E-state index contributed by atoms with van der Waals surface area (Å²) in [7, 11) is 1.70. The number of ether oxygens (including phenoxy) is 1. The molecule has 0 heterocycles. The van der Waals surface area contributed by atoms with Gasteiger partial charge in [-0.1, -0.05) is 68.4 Å². The van der Waals surface area contributed by atoms with Gasteiger partial charge in [-0.2, -0.15) is 0 Å². The van der Waals surface area contributed by atoms with Gasteiger partial charge < -0.3 is 10.1 Å². The van der Waals surface area contributed by atoms with Crippen LogP contribution in [0.1, 0.15) is 41.7 Å². The van der Waals surface area contributed by atoms with E-state index in [0.29, 0.717) is 0 Å². The predicted octanol–water partition coefficient (Wildman–Crippen LogP) is 6.78. The van der Waals surface area contributed by atoms with E-state index in [1.165, 1.54) is 27.8 Å². The Hall–Kier alpha value is -2.71. The van der Waals surface area contributed by atoms with Crippen LogP contribution < -0.4 is 10.1 Å². The number of aryl methyl sites for hydroxylation is 2. The minimum Gasteiger partial charge on any atom is -0.496 e. The Morgan fingerprint density at radius 2 is 1.97 bits per heavy atom. The fraction of sp³-hybridized carbons (Fsp3) is 0.286. The van der Waals surface area contributed by atoms with Crippen LogP contribution >= 0.6 is 11.6 Å². The Balaban J connectivity index is 1.50. The molecule has 0 saturated carbocycles. The molecule has 162 valence electrons. The Morgan fingerprint density at radius 1 is 1.16 bits per heavy atom. The van der Waals surface area contributed by atoms with Crippen LogP contribution in [0.15, 0.2) is 77.5 Å². The third-order valence-corrected chi connectivity index (χ3v) is 6.10. The first-order chi connectivity index (χ1) is 15.0. The number of hydrogen-bond acceptors (Lipinski definition) is 2. The second-order valence-corrected chi connectivity index (χ2v) is 8.17. The van der Waals surface area contributed by atoms with Crippen molar-refractivity contribution in [2.75, 3.05) is 13.7 Å². The maximum absolute atomic E-state index is 6.54. The van der Waals surface area contributed by atoms with Crippen molar-refractivity contribution < 1.29 is 4.74 Å². The van der Waals surface area contributed by atoms with E-state index in [1.54, 1.807) is 7.11 Å². The second-order valence-electron chi connectivity index (χ2n) is 7.76. The van der Waals surface area contributed by atoms with Crippen LogP contribution in [0.4, 0.5) is 0 Å². The van der Waals surface area contributed by atoms with Crippen molar-refractivity contribution in [3.8, 4) is 5.75 Å². The highest BCUT2D eigenvalue weighted by Crippen LogP contribution is 2.36. The summed E-state index contributed by atoms with van der Waals surface area (Å²) in [5, 5.41) is 4.13. The Bertz CT molecular complexity index is 1030. The van der Waals surface area contributed by atoms with Gasteiger partial charge in [-0.25, -0.2) is 0 Å². The summed E-state index contributed by atoms with van der Waals surface area (Å²) in [4.78, 5) is 0. The predicted molar refractivity (Wildman–Crippen MR) is 134 cm³/mol. The van der Waals surface area contributed by atoms with Crippen LogP contribution in [-0.4, -0.2) is 13.7 Å². The lowest BCUT2D eigenvalue weighted by Gasteiger charge is -2.10. The highest BCUT2D eigenvalue weighted by Gasteiger charge is 2.18. The molecule has 0 aliphatic heterocycles. The van der Waals surface area contributed by atoms with E-state index < -0.39 is 0 Å². The third kappa shape index (κ3) is 5.92. The highest BCUT2D eigenvalue weighted by molar-refractivity contribution is 6.32. The van der Waals surface area contributed by atoms with Crippen LogP contribution in [0.2, 0.25) is 0 Å². The van der Waals surface area contributed by atoms with E-state index in [9.17, 15) is 0 Å². The Kier molecular flexibility index (Phi) is 8.20. The quantitative estimate of drug-likeness (QED) is 0.416. The lowest BCUT2D eigenvalue weighted by molar-refractivity contribution is 0.410. The van der Waals surface area contributed by atoms with Gasteiger partial charge in [-0.3, -0.25) is 0 Å². The van der Waals surface area contributed by atoms with Crippen LogP contribution in [0.3, 0.4) is 0 Å². The smallest absolute Gasteiger partial charge is 0.122 e. The van der Waals surface area contributed by atoms with Crippen LogP contribution in [-0.2, 0) is 25.7 Å². The largest absolute Gasteiger partial charge is 0.496 e. The van der Waals surface area contributed by atoms with Crippen molar-refractivity contribution in [1.29, 1.82) is 0 Å². The molecule has 2 aromatic rings. The maximum Gasteiger partial charge on any atom is 0.122 e. The lowest BCUT2D eigenvalue weighted by Crippen LogP contribution is -2.14. The minimum atomic E-state index is 0.741. The van der Waals surface area contributed by atoms with Crippen molar-refractivity contribution in [1.82, 2.24) is 5.32 Å². The van der Waals surface area contributed by atoms with Crippen molar-refractivity contribution in [3.05, 3.63) is 105 Å². The zero-order chi connectivity index (χ0) is 22.2. The fourth-order valence-electron chi connectivity index (χ4n) is 3.97. The molecule has 0 saturated heterocycles. The average Bonchev–Trinajstić information content (AvgIpc) is 3.23. The molecule has 31 heavy (non-hydrogen) atoms. The van der Waals surface area contributed by atoms with E-state index in [-0.39, 0.29) is 0 Å². The molecule has 3 heteroatoms. The van der Waals surface area contributed by atoms with E-state index in [2.05, 4.69) is 56.1 Å². The minimum absolute atomic E-state index is 0.741. The molecule has 0 atom stereocenters. The third-order valence-electron chi connectivity index (χ3n) is 5.73. The SMILES string of the molecule is C=C(/C=C/C=C(\Cl)C1=Cc2cccc(OC)c2C1)NCCc1ccc(CC)c(CC)c1. The van der Waals surface area contributed by atoms with Gasteiger partial charge in [0.15, 0.2) is 0 Å². The van der Waals surface area contributed by atoms with Crippen molar-refractivity contribution >= 4 is 17.7 Å². The molecule has 1 aliphatic rings. The first kappa shape index (κ1) is 23.0. The summed E-state index contributed by atoms with van der Waals surface area (Å²) in [5.41, 5.74) is 8.63. The average molecular weight is 434 g/mol. The zero-order valence-electron chi connectivity index (χ0n) is 18.8. The van der Waals surface area contributed by atoms with Crippen LogP contribution in [0.5, 0.6) is 5.75 Å². The Morgan fingerprint density at radius 3 is 2.71 bits per heavy atom. The molecule has 0 amide bonds. The number of methoxy groups -OCH3 is 1.